The second-order valence-electron chi connectivity index (χ2n) is 4.52. The lowest BCUT2D eigenvalue weighted by Gasteiger charge is -2.16. The summed E-state index contributed by atoms with van der Waals surface area (Å²) >= 11 is 1.81. The second-order valence-corrected chi connectivity index (χ2v) is 5.61. The molecule has 2 aromatic carbocycles. The third kappa shape index (κ3) is 4.08. The van der Waals surface area contributed by atoms with Crippen LogP contribution in [0.3, 0.4) is 0 Å². The summed E-state index contributed by atoms with van der Waals surface area (Å²) in [4.78, 5) is 1.27. The molecule has 0 aliphatic rings. The molecule has 0 saturated heterocycles. The molecule has 1 atom stereocenters. The van der Waals surface area contributed by atoms with E-state index in [1.165, 1.54) is 22.6 Å². The number of benzene rings is 2. The molecule has 0 radical (unpaired) electrons. The fourth-order valence-electron chi connectivity index (χ4n) is 1.93. The SMILES string of the molecule is CNC(CSc1cccc(C)c1)c1ccc(F)cc1. The summed E-state index contributed by atoms with van der Waals surface area (Å²) in [6.45, 7) is 2.10. The van der Waals surface area contributed by atoms with Gasteiger partial charge in [-0.2, -0.15) is 0 Å². The van der Waals surface area contributed by atoms with Crippen molar-refractivity contribution in [2.45, 2.75) is 17.9 Å². The molecule has 1 N–H and O–H groups in total. The maximum atomic E-state index is 12.9. The molecular weight excluding hydrogens is 257 g/mol. The van der Waals surface area contributed by atoms with Crippen molar-refractivity contribution in [3.05, 3.63) is 65.5 Å². The predicted molar refractivity (Wildman–Crippen MR) is 80.1 cm³/mol. The van der Waals surface area contributed by atoms with E-state index >= 15 is 0 Å². The van der Waals surface area contributed by atoms with Crippen LogP contribution in [0.25, 0.3) is 0 Å². The van der Waals surface area contributed by atoms with E-state index in [-0.39, 0.29) is 11.9 Å². The largest absolute Gasteiger partial charge is 0.312 e. The van der Waals surface area contributed by atoms with Crippen LogP contribution < -0.4 is 5.32 Å². The quantitative estimate of drug-likeness (QED) is 0.821. The number of rotatable bonds is 5. The van der Waals surface area contributed by atoms with Gasteiger partial charge >= 0.3 is 0 Å². The van der Waals surface area contributed by atoms with E-state index in [0.29, 0.717) is 0 Å². The van der Waals surface area contributed by atoms with Crippen LogP contribution in [0, 0.1) is 12.7 Å². The van der Waals surface area contributed by atoms with Gasteiger partial charge < -0.3 is 5.32 Å². The lowest BCUT2D eigenvalue weighted by Crippen LogP contribution is -2.18. The van der Waals surface area contributed by atoms with Crippen LogP contribution >= 0.6 is 11.8 Å². The van der Waals surface area contributed by atoms with Gasteiger partial charge in [0.15, 0.2) is 0 Å². The first-order valence-electron chi connectivity index (χ1n) is 6.31. The zero-order valence-corrected chi connectivity index (χ0v) is 12.0. The average molecular weight is 275 g/mol. The molecule has 0 heterocycles. The van der Waals surface area contributed by atoms with Gasteiger partial charge in [-0.15, -0.1) is 11.8 Å². The normalized spacial score (nSPS) is 12.4. The molecular formula is C16H18FNS. The van der Waals surface area contributed by atoms with Gasteiger partial charge in [0.05, 0.1) is 0 Å². The van der Waals surface area contributed by atoms with Crippen molar-refractivity contribution in [3.8, 4) is 0 Å². The van der Waals surface area contributed by atoms with E-state index in [4.69, 9.17) is 0 Å². The summed E-state index contributed by atoms with van der Waals surface area (Å²) in [5.41, 5.74) is 2.39. The highest BCUT2D eigenvalue weighted by Gasteiger charge is 2.09. The number of hydrogen-bond acceptors (Lipinski definition) is 2. The molecule has 0 aliphatic heterocycles. The highest BCUT2D eigenvalue weighted by Crippen LogP contribution is 2.25. The van der Waals surface area contributed by atoms with E-state index in [2.05, 4.69) is 36.5 Å². The fourth-order valence-corrected chi connectivity index (χ4v) is 3.09. The smallest absolute Gasteiger partial charge is 0.123 e. The molecule has 0 aliphatic carbocycles. The molecule has 2 aromatic rings. The van der Waals surface area contributed by atoms with Crippen LogP contribution in [0.15, 0.2) is 53.4 Å². The maximum Gasteiger partial charge on any atom is 0.123 e. The Labute approximate surface area is 118 Å². The van der Waals surface area contributed by atoms with E-state index in [9.17, 15) is 4.39 Å². The number of hydrogen-bond donors (Lipinski definition) is 1. The Balaban J connectivity index is 2.01. The number of nitrogens with one attached hydrogen (secondary N) is 1. The van der Waals surface area contributed by atoms with Crippen LogP contribution in [0.4, 0.5) is 4.39 Å². The Morgan fingerprint density at radius 3 is 2.53 bits per heavy atom. The van der Waals surface area contributed by atoms with E-state index in [0.717, 1.165) is 11.3 Å². The lowest BCUT2D eigenvalue weighted by molar-refractivity contribution is 0.620. The van der Waals surface area contributed by atoms with Crippen LogP contribution in [-0.2, 0) is 0 Å². The average Bonchev–Trinajstić information content (AvgIpc) is 2.41. The summed E-state index contributed by atoms with van der Waals surface area (Å²) in [5.74, 6) is 0.732. The molecule has 0 fully saturated rings. The summed E-state index contributed by atoms with van der Waals surface area (Å²) in [5, 5.41) is 3.28. The van der Waals surface area contributed by atoms with Gasteiger partial charge in [0, 0.05) is 16.7 Å². The first-order valence-corrected chi connectivity index (χ1v) is 7.30. The van der Waals surface area contributed by atoms with Crippen LogP contribution in [0.2, 0.25) is 0 Å². The lowest BCUT2D eigenvalue weighted by atomic mass is 10.1. The van der Waals surface area contributed by atoms with E-state index in [1.807, 2.05) is 30.9 Å². The minimum atomic E-state index is -0.190. The van der Waals surface area contributed by atoms with Crippen molar-refractivity contribution in [2.75, 3.05) is 12.8 Å². The Kier molecular flexibility index (Phi) is 5.00. The molecule has 2 rings (SSSR count). The monoisotopic (exact) mass is 275 g/mol. The molecule has 0 amide bonds. The third-order valence-corrected chi connectivity index (χ3v) is 4.11. The molecule has 0 saturated carbocycles. The molecule has 0 spiro atoms. The Morgan fingerprint density at radius 1 is 1.16 bits per heavy atom. The van der Waals surface area contributed by atoms with Gasteiger partial charge in [0.2, 0.25) is 0 Å². The Morgan fingerprint density at radius 2 is 1.89 bits per heavy atom. The summed E-state index contributed by atoms with van der Waals surface area (Å²) in [7, 11) is 1.94. The molecule has 1 unspecified atom stereocenters. The Bertz CT molecular complexity index is 525. The molecule has 19 heavy (non-hydrogen) atoms. The van der Waals surface area contributed by atoms with Crippen molar-refractivity contribution >= 4 is 11.8 Å². The van der Waals surface area contributed by atoms with Gasteiger partial charge in [-0.25, -0.2) is 4.39 Å². The number of halogens is 1. The fraction of sp³-hybridized carbons (Fsp3) is 0.250. The molecule has 0 aromatic heterocycles. The van der Waals surface area contributed by atoms with Crippen molar-refractivity contribution in [3.63, 3.8) is 0 Å². The van der Waals surface area contributed by atoms with Crippen molar-refractivity contribution < 1.29 is 4.39 Å². The predicted octanol–water partition coefficient (Wildman–Crippen LogP) is 4.19. The number of thioether (sulfide) groups is 1. The van der Waals surface area contributed by atoms with Crippen molar-refractivity contribution in [2.24, 2.45) is 0 Å². The molecule has 0 bridgehead atoms. The third-order valence-electron chi connectivity index (χ3n) is 3.03. The van der Waals surface area contributed by atoms with Crippen LogP contribution in [0.5, 0.6) is 0 Å². The van der Waals surface area contributed by atoms with E-state index < -0.39 is 0 Å². The van der Waals surface area contributed by atoms with Gasteiger partial charge in [-0.1, -0.05) is 29.8 Å². The number of aryl methyl sites for hydroxylation is 1. The first kappa shape index (κ1) is 14.1. The van der Waals surface area contributed by atoms with Gasteiger partial charge in [-0.3, -0.25) is 0 Å². The topological polar surface area (TPSA) is 12.0 Å². The van der Waals surface area contributed by atoms with Crippen molar-refractivity contribution in [1.29, 1.82) is 0 Å². The highest BCUT2D eigenvalue weighted by molar-refractivity contribution is 7.99. The molecule has 3 heteroatoms. The standard InChI is InChI=1S/C16H18FNS/c1-12-4-3-5-15(10-12)19-11-16(18-2)13-6-8-14(17)9-7-13/h3-10,16,18H,11H2,1-2H3. The summed E-state index contributed by atoms with van der Waals surface area (Å²) in [6, 6.07) is 15.4. The zero-order valence-electron chi connectivity index (χ0n) is 11.2. The molecule has 100 valence electrons. The van der Waals surface area contributed by atoms with Gasteiger partial charge in [0.1, 0.15) is 5.82 Å². The van der Waals surface area contributed by atoms with Gasteiger partial charge in [-0.05, 0) is 43.8 Å². The Hall–Kier alpha value is -1.32. The zero-order chi connectivity index (χ0) is 13.7. The minimum absolute atomic E-state index is 0.190. The second kappa shape index (κ2) is 6.73. The summed E-state index contributed by atoms with van der Waals surface area (Å²) in [6.07, 6.45) is 0. The first-order chi connectivity index (χ1) is 9.19. The molecule has 1 nitrogen and oxygen atoms in total. The van der Waals surface area contributed by atoms with Gasteiger partial charge in [0.25, 0.3) is 0 Å². The highest BCUT2D eigenvalue weighted by atomic mass is 32.2. The minimum Gasteiger partial charge on any atom is -0.312 e. The van der Waals surface area contributed by atoms with Crippen LogP contribution in [0.1, 0.15) is 17.2 Å². The summed E-state index contributed by atoms with van der Waals surface area (Å²) < 4.78 is 12.9. The van der Waals surface area contributed by atoms with E-state index in [1.54, 1.807) is 0 Å². The van der Waals surface area contributed by atoms with Crippen LogP contribution in [-0.4, -0.2) is 12.8 Å². The van der Waals surface area contributed by atoms with Crippen molar-refractivity contribution in [1.82, 2.24) is 5.32 Å². The maximum absolute atomic E-state index is 12.9.